The zero-order valence-electron chi connectivity index (χ0n) is 27.1. The fraction of sp³-hybridized carbons (Fsp3) is 0.645. The van der Waals surface area contributed by atoms with Crippen molar-refractivity contribution in [3.63, 3.8) is 0 Å². The molecule has 0 radical (unpaired) electrons. The van der Waals surface area contributed by atoms with Gasteiger partial charge in [0.25, 0.3) is 14.1 Å². The maximum absolute atomic E-state index is 13.6. The molecule has 4 atom stereocenters. The molecule has 2 aromatic rings. The molecule has 0 amide bonds. The van der Waals surface area contributed by atoms with E-state index >= 15 is 0 Å². The fourth-order valence-corrected chi connectivity index (χ4v) is 7.48. The van der Waals surface area contributed by atoms with E-state index in [1.54, 1.807) is 0 Å². The highest BCUT2D eigenvalue weighted by Gasteiger charge is 2.44. The third kappa shape index (κ3) is 9.18. The average Bonchev–Trinajstić information content (AvgIpc) is 3.31. The Hall–Kier alpha value is -2.16. The minimum absolute atomic E-state index is 0.00431. The molecule has 1 saturated heterocycles. The van der Waals surface area contributed by atoms with Gasteiger partial charge in [-0.15, -0.1) is 0 Å². The molecule has 0 bridgehead atoms. The minimum Gasteiger partial charge on any atom is -0.414 e. The van der Waals surface area contributed by atoms with Crippen LogP contribution in [0.3, 0.4) is 0 Å². The smallest absolute Gasteiger partial charge is 0.333 e. The standard InChI is InChI=1S/C31H49N4O6PSi/c1-23(2)35(24(3)4)42(38-19-13-17-32)41-26-20-29(40-27(26)22-39-43(8,9)31(5,6)7)33-18-16-28(36)34(30(33)37)21-25-14-11-10-12-15-25/h10-12,14-16,18,23-24,26-27,29H,13,19-22H2,1-9H3/t26-,27-,29-,42?/m1/s1. The third-order valence-corrected chi connectivity index (χ3v) is 14.7. The first kappa shape index (κ1) is 35.3. The number of benzene rings is 1. The van der Waals surface area contributed by atoms with Crippen molar-refractivity contribution in [2.45, 2.75) is 117 Å². The number of nitrogens with zero attached hydrogens (tertiary/aromatic N) is 4. The molecule has 1 fully saturated rings. The molecule has 0 aliphatic carbocycles. The SMILES string of the molecule is CC(C)N(C(C)C)P(OCCC#N)O[C@@H]1C[C@H](n2ccc(=O)n(Cc3ccccc3)c2=O)O[C@@H]1CO[Si](C)(C)C(C)(C)C. The molecule has 0 spiro atoms. The Morgan fingerprint density at radius 2 is 1.77 bits per heavy atom. The Kier molecular flexibility index (Phi) is 12.5. The van der Waals surface area contributed by atoms with Crippen molar-refractivity contribution < 1.29 is 18.2 Å². The van der Waals surface area contributed by atoms with Crippen LogP contribution >= 0.6 is 8.53 Å². The molecule has 2 heterocycles. The van der Waals surface area contributed by atoms with Crippen molar-refractivity contribution in [3.05, 3.63) is 69.0 Å². The monoisotopic (exact) mass is 632 g/mol. The largest absolute Gasteiger partial charge is 0.414 e. The summed E-state index contributed by atoms with van der Waals surface area (Å²) in [7, 11) is -3.66. The Balaban J connectivity index is 1.95. The lowest BCUT2D eigenvalue weighted by molar-refractivity contribution is -0.0417. The molecule has 3 rings (SSSR count). The molecular formula is C31H49N4O6PSi. The van der Waals surface area contributed by atoms with E-state index in [0.717, 1.165) is 5.56 Å². The van der Waals surface area contributed by atoms with Gasteiger partial charge in [0.05, 0.1) is 38.4 Å². The van der Waals surface area contributed by atoms with Crippen molar-refractivity contribution in [1.82, 2.24) is 13.8 Å². The summed E-state index contributed by atoms with van der Waals surface area (Å²) in [5.74, 6) is 0. The van der Waals surface area contributed by atoms with Crippen LogP contribution in [0.5, 0.6) is 0 Å². The van der Waals surface area contributed by atoms with Gasteiger partial charge in [0.15, 0.2) is 8.32 Å². The molecule has 1 aromatic carbocycles. The Bertz CT molecular complexity index is 1330. The minimum atomic E-state index is -2.12. The molecule has 1 aliphatic heterocycles. The molecular weight excluding hydrogens is 583 g/mol. The molecule has 0 N–H and O–H groups in total. The molecule has 43 heavy (non-hydrogen) atoms. The van der Waals surface area contributed by atoms with Crippen LogP contribution in [0, 0.1) is 11.3 Å². The topological polar surface area (TPSA) is 108 Å². The number of ether oxygens (including phenoxy) is 1. The van der Waals surface area contributed by atoms with E-state index < -0.39 is 41.0 Å². The first-order valence-electron chi connectivity index (χ1n) is 15.1. The number of rotatable bonds is 14. The number of nitriles is 1. The predicted octanol–water partition coefficient (Wildman–Crippen LogP) is 6.03. The normalized spacial score (nSPS) is 20.2. The van der Waals surface area contributed by atoms with E-state index in [2.05, 4.69) is 72.3 Å². The van der Waals surface area contributed by atoms with Gasteiger partial charge in [-0.2, -0.15) is 5.26 Å². The maximum Gasteiger partial charge on any atom is 0.333 e. The summed E-state index contributed by atoms with van der Waals surface area (Å²) < 4.78 is 30.9. The highest BCUT2D eigenvalue weighted by Crippen LogP contribution is 2.50. The Morgan fingerprint density at radius 3 is 2.35 bits per heavy atom. The van der Waals surface area contributed by atoms with E-state index in [1.165, 1.54) is 21.4 Å². The van der Waals surface area contributed by atoms with Crippen molar-refractivity contribution in [1.29, 1.82) is 5.26 Å². The lowest BCUT2D eigenvalue weighted by atomic mass is 10.2. The van der Waals surface area contributed by atoms with Crippen LogP contribution in [0.15, 0.2) is 52.2 Å². The second-order valence-corrected chi connectivity index (χ2v) is 19.3. The second-order valence-electron chi connectivity index (χ2n) is 13.0. The van der Waals surface area contributed by atoms with E-state index in [-0.39, 0.29) is 42.3 Å². The van der Waals surface area contributed by atoms with Gasteiger partial charge in [0, 0.05) is 30.8 Å². The van der Waals surface area contributed by atoms with Gasteiger partial charge in [-0.1, -0.05) is 51.1 Å². The summed E-state index contributed by atoms with van der Waals surface area (Å²) >= 11 is 0. The van der Waals surface area contributed by atoms with Crippen LogP contribution < -0.4 is 11.2 Å². The maximum atomic E-state index is 13.6. The van der Waals surface area contributed by atoms with Crippen LogP contribution in [0.1, 0.15) is 73.1 Å². The van der Waals surface area contributed by atoms with Crippen LogP contribution in [-0.4, -0.2) is 59.6 Å². The van der Waals surface area contributed by atoms with Crippen LogP contribution in [0.2, 0.25) is 18.1 Å². The van der Waals surface area contributed by atoms with Crippen LogP contribution in [0.4, 0.5) is 0 Å². The highest BCUT2D eigenvalue weighted by atomic mass is 31.2. The molecule has 238 valence electrons. The van der Waals surface area contributed by atoms with Crippen molar-refractivity contribution >= 4 is 16.8 Å². The zero-order chi connectivity index (χ0) is 31.9. The van der Waals surface area contributed by atoms with Gasteiger partial charge in [-0.05, 0) is 51.4 Å². The quantitative estimate of drug-likeness (QED) is 0.141. The fourth-order valence-electron chi connectivity index (χ4n) is 4.71. The van der Waals surface area contributed by atoms with Crippen molar-refractivity contribution in [2.75, 3.05) is 13.2 Å². The van der Waals surface area contributed by atoms with Crippen molar-refractivity contribution in [2.24, 2.45) is 0 Å². The highest BCUT2D eigenvalue weighted by molar-refractivity contribution is 7.44. The van der Waals surface area contributed by atoms with E-state index in [1.807, 2.05) is 30.3 Å². The molecule has 1 aromatic heterocycles. The van der Waals surface area contributed by atoms with E-state index in [0.29, 0.717) is 13.0 Å². The Labute approximate surface area is 258 Å². The number of hydrogen-bond donors (Lipinski definition) is 0. The summed E-state index contributed by atoms with van der Waals surface area (Å²) in [6.07, 6.45) is 0.573. The van der Waals surface area contributed by atoms with Crippen LogP contribution in [-0.2, 0) is 24.8 Å². The molecule has 12 heteroatoms. The van der Waals surface area contributed by atoms with E-state index in [9.17, 15) is 9.59 Å². The van der Waals surface area contributed by atoms with Gasteiger partial charge in [-0.25, -0.2) is 9.46 Å². The first-order chi connectivity index (χ1) is 20.2. The second kappa shape index (κ2) is 15.2. The average molecular weight is 633 g/mol. The predicted molar refractivity (Wildman–Crippen MR) is 172 cm³/mol. The lowest BCUT2D eigenvalue weighted by Crippen LogP contribution is -2.44. The summed E-state index contributed by atoms with van der Waals surface area (Å²) in [5, 5.41) is 9.13. The molecule has 0 saturated carbocycles. The van der Waals surface area contributed by atoms with Gasteiger partial charge in [-0.3, -0.25) is 13.9 Å². The summed E-state index contributed by atoms with van der Waals surface area (Å²) in [6, 6.07) is 13.2. The van der Waals surface area contributed by atoms with Crippen molar-refractivity contribution in [3.8, 4) is 6.07 Å². The van der Waals surface area contributed by atoms with Crippen LogP contribution in [0.25, 0.3) is 0 Å². The third-order valence-electron chi connectivity index (χ3n) is 8.07. The molecule has 1 aliphatic rings. The summed E-state index contributed by atoms with van der Waals surface area (Å²) in [6.45, 7) is 20.0. The van der Waals surface area contributed by atoms with Gasteiger partial charge >= 0.3 is 5.69 Å². The molecule has 10 nitrogen and oxygen atoms in total. The summed E-state index contributed by atoms with van der Waals surface area (Å²) in [5.41, 5.74) is 0.0495. The first-order valence-corrected chi connectivity index (χ1v) is 19.1. The lowest BCUT2D eigenvalue weighted by Gasteiger charge is -2.39. The summed E-state index contributed by atoms with van der Waals surface area (Å²) in [4.78, 5) is 26.4. The number of aromatic nitrogens is 2. The zero-order valence-corrected chi connectivity index (χ0v) is 29.0. The van der Waals surface area contributed by atoms with Gasteiger partial charge in [0.2, 0.25) is 0 Å². The van der Waals surface area contributed by atoms with Gasteiger partial charge < -0.3 is 18.2 Å². The number of hydrogen-bond acceptors (Lipinski definition) is 8. The van der Waals surface area contributed by atoms with Gasteiger partial charge in [0.1, 0.15) is 12.3 Å². The Morgan fingerprint density at radius 1 is 1.12 bits per heavy atom. The molecule has 1 unspecified atom stereocenters. The van der Waals surface area contributed by atoms with E-state index in [4.69, 9.17) is 23.5 Å².